The summed E-state index contributed by atoms with van der Waals surface area (Å²) in [5, 5.41) is 3.59. The van der Waals surface area contributed by atoms with Crippen LogP contribution in [0, 0.1) is 5.92 Å². The Kier molecular flexibility index (Phi) is 2.19. The van der Waals surface area contributed by atoms with E-state index in [0.29, 0.717) is 0 Å². The standard InChI is InChI=1S/C8H15NS/c1-2-8-7(3-4-9-8)6-10-5-1/h7-9H,1-6H2. The summed E-state index contributed by atoms with van der Waals surface area (Å²) in [6, 6.07) is 0.884. The van der Waals surface area contributed by atoms with Crippen molar-refractivity contribution in [3.63, 3.8) is 0 Å². The summed E-state index contributed by atoms with van der Waals surface area (Å²) in [5.41, 5.74) is 0. The van der Waals surface area contributed by atoms with Gasteiger partial charge in [0.1, 0.15) is 0 Å². The zero-order valence-corrected chi connectivity index (χ0v) is 7.12. The molecule has 2 saturated heterocycles. The molecule has 2 heterocycles. The van der Waals surface area contributed by atoms with Crippen molar-refractivity contribution < 1.29 is 0 Å². The molecule has 1 N–H and O–H groups in total. The topological polar surface area (TPSA) is 12.0 Å². The Hall–Kier alpha value is 0.310. The second-order valence-corrected chi connectivity index (χ2v) is 4.48. The van der Waals surface area contributed by atoms with Crippen molar-refractivity contribution in [1.82, 2.24) is 5.32 Å². The highest BCUT2D eigenvalue weighted by atomic mass is 32.2. The molecule has 0 aromatic rings. The molecule has 0 aromatic carbocycles. The van der Waals surface area contributed by atoms with Gasteiger partial charge in [-0.2, -0.15) is 11.8 Å². The normalized spacial score (nSPS) is 40.8. The van der Waals surface area contributed by atoms with Crippen LogP contribution in [0.4, 0.5) is 0 Å². The third-order valence-electron chi connectivity index (χ3n) is 2.63. The third kappa shape index (κ3) is 1.32. The highest BCUT2D eigenvalue weighted by Gasteiger charge is 2.27. The molecule has 2 fully saturated rings. The molecule has 0 radical (unpaired) electrons. The quantitative estimate of drug-likeness (QED) is 0.572. The summed E-state index contributed by atoms with van der Waals surface area (Å²) in [6.07, 6.45) is 4.29. The van der Waals surface area contributed by atoms with E-state index in [9.17, 15) is 0 Å². The second-order valence-electron chi connectivity index (χ2n) is 3.33. The maximum Gasteiger partial charge on any atom is 0.0104 e. The summed E-state index contributed by atoms with van der Waals surface area (Å²) in [5.74, 6) is 3.82. The van der Waals surface area contributed by atoms with E-state index in [0.717, 1.165) is 12.0 Å². The fraction of sp³-hybridized carbons (Fsp3) is 1.00. The maximum atomic E-state index is 3.59. The van der Waals surface area contributed by atoms with E-state index in [2.05, 4.69) is 17.1 Å². The van der Waals surface area contributed by atoms with Crippen LogP contribution in [-0.4, -0.2) is 24.1 Å². The Morgan fingerprint density at radius 2 is 2.30 bits per heavy atom. The van der Waals surface area contributed by atoms with Crippen molar-refractivity contribution in [3.8, 4) is 0 Å². The first kappa shape index (κ1) is 6.99. The van der Waals surface area contributed by atoms with Gasteiger partial charge in [0.15, 0.2) is 0 Å². The van der Waals surface area contributed by atoms with E-state index in [1.54, 1.807) is 0 Å². The van der Waals surface area contributed by atoms with Gasteiger partial charge in [0.05, 0.1) is 0 Å². The van der Waals surface area contributed by atoms with Gasteiger partial charge < -0.3 is 5.32 Å². The number of hydrogen-bond acceptors (Lipinski definition) is 2. The van der Waals surface area contributed by atoms with Gasteiger partial charge in [0.2, 0.25) is 0 Å². The van der Waals surface area contributed by atoms with Gasteiger partial charge in [-0.15, -0.1) is 0 Å². The van der Waals surface area contributed by atoms with Crippen molar-refractivity contribution in [2.24, 2.45) is 5.92 Å². The zero-order valence-electron chi connectivity index (χ0n) is 6.31. The van der Waals surface area contributed by atoms with E-state index >= 15 is 0 Å². The summed E-state index contributed by atoms with van der Waals surface area (Å²) >= 11 is 2.15. The number of rotatable bonds is 0. The van der Waals surface area contributed by atoms with Gasteiger partial charge in [-0.05, 0) is 43.2 Å². The molecule has 0 aliphatic carbocycles. The van der Waals surface area contributed by atoms with Crippen LogP contribution in [0.3, 0.4) is 0 Å². The summed E-state index contributed by atoms with van der Waals surface area (Å²) in [6.45, 7) is 1.27. The monoisotopic (exact) mass is 157 g/mol. The SMILES string of the molecule is C1CSCC2CCNC2C1. The molecule has 2 heteroatoms. The molecule has 0 spiro atoms. The lowest BCUT2D eigenvalue weighted by Gasteiger charge is -2.13. The van der Waals surface area contributed by atoms with Crippen LogP contribution in [0.5, 0.6) is 0 Å². The van der Waals surface area contributed by atoms with Gasteiger partial charge in [-0.25, -0.2) is 0 Å². The van der Waals surface area contributed by atoms with Crippen molar-refractivity contribution in [2.75, 3.05) is 18.1 Å². The first-order valence-electron chi connectivity index (χ1n) is 4.28. The minimum absolute atomic E-state index is 0.884. The van der Waals surface area contributed by atoms with Crippen molar-refractivity contribution in [2.45, 2.75) is 25.3 Å². The number of fused-ring (bicyclic) bond motifs is 1. The Labute approximate surface area is 67.0 Å². The molecule has 2 aliphatic heterocycles. The van der Waals surface area contributed by atoms with Gasteiger partial charge >= 0.3 is 0 Å². The van der Waals surface area contributed by atoms with Crippen LogP contribution >= 0.6 is 11.8 Å². The maximum absolute atomic E-state index is 3.59. The van der Waals surface area contributed by atoms with Gasteiger partial charge in [-0.1, -0.05) is 0 Å². The lowest BCUT2D eigenvalue weighted by Crippen LogP contribution is -2.26. The van der Waals surface area contributed by atoms with E-state index in [1.807, 2.05) is 0 Å². The smallest absolute Gasteiger partial charge is 0.0104 e. The van der Waals surface area contributed by atoms with E-state index in [-0.39, 0.29) is 0 Å². The number of nitrogens with one attached hydrogen (secondary N) is 1. The molecule has 10 heavy (non-hydrogen) atoms. The molecule has 2 atom stereocenters. The fourth-order valence-corrected chi connectivity index (χ4v) is 3.24. The number of hydrogen-bond donors (Lipinski definition) is 1. The molecule has 2 unspecified atom stereocenters. The largest absolute Gasteiger partial charge is 0.314 e. The van der Waals surface area contributed by atoms with Crippen LogP contribution in [0.1, 0.15) is 19.3 Å². The lowest BCUT2D eigenvalue weighted by atomic mass is 9.99. The van der Waals surface area contributed by atoms with Crippen LogP contribution in [0.15, 0.2) is 0 Å². The van der Waals surface area contributed by atoms with Crippen LogP contribution in [0.2, 0.25) is 0 Å². The van der Waals surface area contributed by atoms with Crippen molar-refractivity contribution in [3.05, 3.63) is 0 Å². The van der Waals surface area contributed by atoms with Gasteiger partial charge in [0.25, 0.3) is 0 Å². The highest BCUT2D eigenvalue weighted by Crippen LogP contribution is 2.27. The summed E-state index contributed by atoms with van der Waals surface area (Å²) < 4.78 is 0. The Bertz CT molecular complexity index is 104. The van der Waals surface area contributed by atoms with Gasteiger partial charge in [0, 0.05) is 6.04 Å². The van der Waals surface area contributed by atoms with Crippen LogP contribution in [0.25, 0.3) is 0 Å². The predicted molar refractivity (Wildman–Crippen MR) is 46.5 cm³/mol. The molecule has 0 bridgehead atoms. The molecular formula is C8H15NS. The first-order chi connectivity index (χ1) is 4.97. The molecule has 2 rings (SSSR count). The first-order valence-corrected chi connectivity index (χ1v) is 5.43. The molecule has 2 aliphatic rings. The second kappa shape index (κ2) is 3.14. The molecule has 0 aromatic heterocycles. The minimum atomic E-state index is 0.884. The number of thioether (sulfide) groups is 1. The molecule has 1 nitrogen and oxygen atoms in total. The molecule has 58 valence electrons. The summed E-state index contributed by atoms with van der Waals surface area (Å²) in [7, 11) is 0. The lowest BCUT2D eigenvalue weighted by molar-refractivity contribution is 0.463. The zero-order chi connectivity index (χ0) is 6.81. The van der Waals surface area contributed by atoms with Crippen molar-refractivity contribution >= 4 is 11.8 Å². The Balaban J connectivity index is 1.95. The van der Waals surface area contributed by atoms with Crippen molar-refractivity contribution in [1.29, 1.82) is 0 Å². The van der Waals surface area contributed by atoms with Crippen LogP contribution < -0.4 is 5.32 Å². The van der Waals surface area contributed by atoms with E-state index < -0.39 is 0 Å². The molecular weight excluding hydrogens is 142 g/mol. The predicted octanol–water partition coefficient (Wildman–Crippen LogP) is 1.49. The highest BCUT2D eigenvalue weighted by molar-refractivity contribution is 7.99. The van der Waals surface area contributed by atoms with Crippen LogP contribution in [-0.2, 0) is 0 Å². The average molecular weight is 157 g/mol. The van der Waals surface area contributed by atoms with E-state index in [4.69, 9.17) is 0 Å². The molecule has 0 saturated carbocycles. The Morgan fingerprint density at radius 3 is 3.30 bits per heavy atom. The summed E-state index contributed by atoms with van der Waals surface area (Å²) in [4.78, 5) is 0. The third-order valence-corrected chi connectivity index (χ3v) is 3.87. The fourth-order valence-electron chi connectivity index (χ4n) is 2.00. The molecule has 0 amide bonds. The minimum Gasteiger partial charge on any atom is -0.314 e. The average Bonchev–Trinajstić information content (AvgIpc) is 2.28. The Morgan fingerprint density at radius 1 is 1.30 bits per heavy atom. The van der Waals surface area contributed by atoms with E-state index in [1.165, 1.54) is 37.3 Å². The van der Waals surface area contributed by atoms with Gasteiger partial charge in [-0.3, -0.25) is 0 Å².